The zero-order valence-electron chi connectivity index (χ0n) is 17.0. The number of carbonyl (C=O) groups is 1. The van der Waals surface area contributed by atoms with Crippen molar-refractivity contribution in [3.63, 3.8) is 0 Å². The topological polar surface area (TPSA) is 47.2 Å². The van der Waals surface area contributed by atoms with E-state index in [0.717, 1.165) is 11.6 Å². The van der Waals surface area contributed by atoms with Crippen LogP contribution in [0.5, 0.6) is 0 Å². The molecule has 1 unspecified atom stereocenters. The first-order valence-electron chi connectivity index (χ1n) is 9.73. The van der Waals surface area contributed by atoms with Crippen molar-refractivity contribution >= 4 is 16.8 Å². The summed E-state index contributed by atoms with van der Waals surface area (Å²) in [6.07, 6.45) is -0.144. The van der Waals surface area contributed by atoms with Gasteiger partial charge in [0.2, 0.25) is 0 Å². The summed E-state index contributed by atoms with van der Waals surface area (Å²) >= 11 is 0. The number of benzene rings is 1. The minimum absolute atomic E-state index is 0.0974. The Morgan fingerprint density at radius 2 is 1.80 bits per heavy atom. The molecule has 1 aliphatic heterocycles. The van der Waals surface area contributed by atoms with Gasteiger partial charge in [-0.25, -0.2) is 0 Å². The van der Waals surface area contributed by atoms with E-state index < -0.39 is 23.7 Å². The highest BCUT2D eigenvalue weighted by Crippen LogP contribution is 2.41. The highest BCUT2D eigenvalue weighted by Gasteiger charge is 2.39. The zero-order chi connectivity index (χ0) is 21.8. The molecule has 3 aromatic rings. The van der Waals surface area contributed by atoms with Crippen LogP contribution in [0.3, 0.4) is 0 Å². The third-order valence-corrected chi connectivity index (χ3v) is 5.85. The van der Waals surface area contributed by atoms with Gasteiger partial charge in [0.15, 0.2) is 0 Å². The zero-order valence-corrected chi connectivity index (χ0v) is 17.0. The SMILES string of the molecule is Cc1cn(C)c(=O)c2c(C(=O)N3CCCC3c3ccccc3C(F)(F)F)cn(C)c12. The Balaban J connectivity index is 1.83. The van der Waals surface area contributed by atoms with Crippen LogP contribution in [0.2, 0.25) is 0 Å². The predicted molar refractivity (Wildman–Crippen MR) is 107 cm³/mol. The van der Waals surface area contributed by atoms with Crippen molar-refractivity contribution < 1.29 is 18.0 Å². The number of alkyl halides is 3. The summed E-state index contributed by atoms with van der Waals surface area (Å²) < 4.78 is 43.8. The molecule has 0 bridgehead atoms. The van der Waals surface area contributed by atoms with Gasteiger partial charge in [-0.05, 0) is 37.0 Å². The molecule has 4 rings (SSSR count). The Labute approximate surface area is 171 Å². The van der Waals surface area contributed by atoms with Gasteiger partial charge in [0.05, 0.1) is 28.1 Å². The molecule has 0 N–H and O–H groups in total. The van der Waals surface area contributed by atoms with Crippen LogP contribution in [0.1, 0.15) is 45.9 Å². The molecule has 30 heavy (non-hydrogen) atoms. The molecule has 158 valence electrons. The molecular weight excluding hydrogens is 395 g/mol. The molecule has 8 heteroatoms. The predicted octanol–water partition coefficient (Wildman–Crippen LogP) is 4.18. The van der Waals surface area contributed by atoms with Crippen molar-refractivity contribution in [2.24, 2.45) is 14.1 Å². The number of aryl methyl sites for hydroxylation is 3. The lowest BCUT2D eigenvalue weighted by atomic mass is 9.97. The molecule has 2 aromatic heterocycles. The summed E-state index contributed by atoms with van der Waals surface area (Å²) in [7, 11) is 3.38. The highest BCUT2D eigenvalue weighted by molar-refractivity contribution is 6.07. The smallest absolute Gasteiger partial charge is 0.349 e. The first-order valence-corrected chi connectivity index (χ1v) is 9.73. The average Bonchev–Trinajstić information content (AvgIpc) is 3.30. The van der Waals surface area contributed by atoms with E-state index in [9.17, 15) is 22.8 Å². The maximum atomic E-state index is 13.6. The van der Waals surface area contributed by atoms with Crippen molar-refractivity contribution in [3.8, 4) is 0 Å². The van der Waals surface area contributed by atoms with E-state index in [4.69, 9.17) is 0 Å². The van der Waals surface area contributed by atoms with Crippen LogP contribution in [-0.4, -0.2) is 26.5 Å². The van der Waals surface area contributed by atoms with Crippen LogP contribution < -0.4 is 5.56 Å². The maximum Gasteiger partial charge on any atom is 0.416 e. The van der Waals surface area contributed by atoms with Crippen LogP contribution in [0.25, 0.3) is 10.9 Å². The van der Waals surface area contributed by atoms with Crippen molar-refractivity contribution in [2.45, 2.75) is 32.0 Å². The highest BCUT2D eigenvalue weighted by atomic mass is 19.4. The second-order valence-corrected chi connectivity index (χ2v) is 7.85. The quantitative estimate of drug-likeness (QED) is 0.628. The number of aromatic nitrogens is 2. The van der Waals surface area contributed by atoms with Crippen molar-refractivity contribution in [1.29, 1.82) is 0 Å². The van der Waals surface area contributed by atoms with E-state index in [1.807, 2.05) is 6.92 Å². The third-order valence-electron chi connectivity index (χ3n) is 5.85. The second kappa shape index (κ2) is 7.04. The van der Waals surface area contributed by atoms with E-state index in [1.165, 1.54) is 21.6 Å². The molecule has 1 fully saturated rings. The van der Waals surface area contributed by atoms with E-state index in [0.29, 0.717) is 30.3 Å². The number of fused-ring (bicyclic) bond motifs is 1. The number of hydrogen-bond donors (Lipinski definition) is 0. The summed E-state index contributed by atoms with van der Waals surface area (Å²) in [6, 6.07) is 4.71. The van der Waals surface area contributed by atoms with E-state index in [-0.39, 0.29) is 16.7 Å². The van der Waals surface area contributed by atoms with Gasteiger partial charge in [-0.1, -0.05) is 18.2 Å². The molecule has 3 heterocycles. The summed E-state index contributed by atoms with van der Waals surface area (Å²) in [5, 5.41) is 0.305. The molecule has 5 nitrogen and oxygen atoms in total. The summed E-state index contributed by atoms with van der Waals surface area (Å²) in [5.74, 6) is -0.414. The Morgan fingerprint density at radius 1 is 1.10 bits per heavy atom. The number of nitrogens with zero attached hydrogens (tertiary/aromatic N) is 3. The summed E-state index contributed by atoms with van der Waals surface area (Å²) in [4.78, 5) is 27.8. The monoisotopic (exact) mass is 417 g/mol. The lowest BCUT2D eigenvalue weighted by Crippen LogP contribution is -2.32. The molecule has 1 atom stereocenters. The standard InChI is InChI=1S/C22H22F3N3O2/c1-13-11-27(3)21(30)18-15(12-26(2)19(13)18)20(29)28-10-6-9-17(28)14-7-4-5-8-16(14)22(23,24)25/h4-5,7-8,11-12,17H,6,9-10H2,1-3H3. The lowest BCUT2D eigenvalue weighted by molar-refractivity contribution is -0.138. The molecule has 0 aliphatic carbocycles. The van der Waals surface area contributed by atoms with Crippen LogP contribution in [0.15, 0.2) is 41.5 Å². The lowest BCUT2D eigenvalue weighted by Gasteiger charge is -2.27. The molecule has 0 radical (unpaired) electrons. The first-order chi connectivity index (χ1) is 14.1. The number of pyridine rings is 1. The Hall–Kier alpha value is -3.03. The second-order valence-electron chi connectivity index (χ2n) is 7.85. The summed E-state index contributed by atoms with van der Waals surface area (Å²) in [5.41, 5.74) is 0.806. The van der Waals surface area contributed by atoms with Gasteiger partial charge in [-0.2, -0.15) is 13.2 Å². The number of carbonyl (C=O) groups excluding carboxylic acids is 1. The fraction of sp³-hybridized carbons (Fsp3) is 0.364. The molecule has 1 amide bonds. The first kappa shape index (κ1) is 20.3. The van der Waals surface area contributed by atoms with Crippen LogP contribution in [-0.2, 0) is 20.3 Å². The van der Waals surface area contributed by atoms with Crippen molar-refractivity contribution in [1.82, 2.24) is 14.0 Å². The van der Waals surface area contributed by atoms with Crippen molar-refractivity contribution in [3.05, 3.63) is 69.3 Å². The Morgan fingerprint density at radius 3 is 2.50 bits per heavy atom. The average molecular weight is 417 g/mol. The summed E-state index contributed by atoms with van der Waals surface area (Å²) in [6.45, 7) is 2.20. The molecule has 1 aromatic carbocycles. The van der Waals surface area contributed by atoms with Gasteiger partial charge < -0.3 is 14.0 Å². The van der Waals surface area contributed by atoms with Gasteiger partial charge in [0.25, 0.3) is 11.5 Å². The number of rotatable bonds is 2. The van der Waals surface area contributed by atoms with Gasteiger partial charge in [-0.15, -0.1) is 0 Å². The van der Waals surface area contributed by atoms with E-state index in [2.05, 4.69) is 0 Å². The molecule has 1 aliphatic rings. The number of amides is 1. The molecular formula is C22H22F3N3O2. The third kappa shape index (κ3) is 3.11. The van der Waals surface area contributed by atoms with E-state index in [1.54, 1.807) is 37.1 Å². The van der Waals surface area contributed by atoms with Gasteiger partial charge in [0.1, 0.15) is 0 Å². The fourth-order valence-electron chi connectivity index (χ4n) is 4.60. The largest absolute Gasteiger partial charge is 0.416 e. The molecule has 0 spiro atoms. The van der Waals surface area contributed by atoms with Crippen LogP contribution in [0.4, 0.5) is 13.2 Å². The molecule has 1 saturated heterocycles. The fourth-order valence-corrected chi connectivity index (χ4v) is 4.60. The van der Waals surface area contributed by atoms with Crippen LogP contribution >= 0.6 is 0 Å². The van der Waals surface area contributed by atoms with Crippen molar-refractivity contribution in [2.75, 3.05) is 6.54 Å². The molecule has 0 saturated carbocycles. The minimum atomic E-state index is -4.50. The number of hydrogen-bond acceptors (Lipinski definition) is 2. The normalized spacial score (nSPS) is 17.1. The van der Waals surface area contributed by atoms with Gasteiger partial charge in [0, 0.05) is 33.0 Å². The van der Waals surface area contributed by atoms with Gasteiger partial charge >= 0.3 is 6.18 Å². The number of halogens is 3. The Kier molecular flexibility index (Phi) is 4.75. The van der Waals surface area contributed by atoms with Gasteiger partial charge in [-0.3, -0.25) is 9.59 Å². The Bertz CT molecular complexity index is 1210. The minimum Gasteiger partial charge on any atom is -0.349 e. The van der Waals surface area contributed by atoms with E-state index >= 15 is 0 Å². The van der Waals surface area contributed by atoms with Crippen LogP contribution in [0, 0.1) is 6.92 Å². The maximum absolute atomic E-state index is 13.6. The number of likely N-dealkylation sites (tertiary alicyclic amines) is 1.